The van der Waals surface area contributed by atoms with Crippen molar-refractivity contribution >= 4 is 22.2 Å². The molecule has 92 valence electrons. The van der Waals surface area contributed by atoms with E-state index in [0.717, 1.165) is 29.0 Å². The van der Waals surface area contributed by atoms with Crippen LogP contribution in [-0.4, -0.2) is 12.9 Å². The third-order valence-electron chi connectivity index (χ3n) is 3.15. The summed E-state index contributed by atoms with van der Waals surface area (Å²) >= 11 is 3.52. The summed E-state index contributed by atoms with van der Waals surface area (Å²) in [6, 6.07) is 6.08. The number of hydrogen-bond acceptors (Lipinski definition) is 2. The van der Waals surface area contributed by atoms with Crippen molar-refractivity contribution in [3.8, 4) is 5.75 Å². The fourth-order valence-corrected chi connectivity index (χ4v) is 2.22. The van der Waals surface area contributed by atoms with Crippen molar-refractivity contribution < 1.29 is 9.53 Å². The number of hydrogen-bond donors (Lipinski definition) is 0. The molecule has 2 nitrogen and oxygen atoms in total. The maximum Gasteiger partial charge on any atom is 0.133 e. The molecule has 0 aromatic heterocycles. The van der Waals surface area contributed by atoms with E-state index in [9.17, 15) is 4.79 Å². The summed E-state index contributed by atoms with van der Waals surface area (Å²) in [5, 5.41) is 0. The second-order valence-electron chi connectivity index (χ2n) is 4.75. The molecule has 0 heterocycles. The predicted octanol–water partition coefficient (Wildman–Crippen LogP) is 3.93. The summed E-state index contributed by atoms with van der Waals surface area (Å²) in [5.41, 5.74) is 1.17. The van der Waals surface area contributed by atoms with Crippen LogP contribution < -0.4 is 4.74 Å². The summed E-state index contributed by atoms with van der Waals surface area (Å²) in [5.74, 6) is 1.93. The Morgan fingerprint density at radius 2 is 2.29 bits per heavy atom. The maximum atomic E-state index is 10.5. The lowest BCUT2D eigenvalue weighted by Crippen LogP contribution is -2.00. The van der Waals surface area contributed by atoms with Crippen LogP contribution in [0.4, 0.5) is 0 Å². The van der Waals surface area contributed by atoms with Crippen molar-refractivity contribution in [1.82, 2.24) is 0 Å². The first-order valence-electron chi connectivity index (χ1n) is 6.06. The molecule has 3 heteroatoms. The van der Waals surface area contributed by atoms with Gasteiger partial charge >= 0.3 is 0 Å². The number of rotatable bonds is 6. The summed E-state index contributed by atoms with van der Waals surface area (Å²) in [6.45, 7) is 2.88. The first-order valence-corrected chi connectivity index (χ1v) is 6.86. The molecule has 0 radical (unpaired) electrons. The molecule has 0 N–H and O–H groups in total. The topological polar surface area (TPSA) is 26.3 Å². The molecule has 1 fully saturated rings. The van der Waals surface area contributed by atoms with Crippen LogP contribution in [0.2, 0.25) is 0 Å². The zero-order valence-corrected chi connectivity index (χ0v) is 11.6. The fraction of sp³-hybridized carbons (Fsp3) is 0.500. The van der Waals surface area contributed by atoms with Gasteiger partial charge in [0.05, 0.1) is 11.1 Å². The van der Waals surface area contributed by atoms with E-state index in [-0.39, 0.29) is 5.92 Å². The average molecular weight is 297 g/mol. The lowest BCUT2D eigenvalue weighted by atomic mass is 9.98. The maximum absolute atomic E-state index is 10.5. The summed E-state index contributed by atoms with van der Waals surface area (Å²) in [4.78, 5) is 10.5. The van der Waals surface area contributed by atoms with Gasteiger partial charge in [-0.3, -0.25) is 0 Å². The third kappa shape index (κ3) is 3.56. The number of aldehydes is 1. The SMILES string of the molecule is CC(CC=O)c1ccc(OCC2CC2)c(Br)c1. The quantitative estimate of drug-likeness (QED) is 0.744. The molecule has 0 aliphatic heterocycles. The Morgan fingerprint density at radius 3 is 2.88 bits per heavy atom. The Labute approximate surface area is 110 Å². The number of carbonyl (C=O) groups is 1. The third-order valence-corrected chi connectivity index (χ3v) is 3.77. The van der Waals surface area contributed by atoms with Crippen molar-refractivity contribution in [1.29, 1.82) is 0 Å². The zero-order valence-electron chi connectivity index (χ0n) is 9.99. The van der Waals surface area contributed by atoms with Gasteiger partial charge in [-0.15, -0.1) is 0 Å². The molecule has 0 amide bonds. The molecule has 17 heavy (non-hydrogen) atoms. The Morgan fingerprint density at radius 1 is 1.53 bits per heavy atom. The Hall–Kier alpha value is -0.830. The standard InChI is InChI=1S/C14H17BrO2/c1-10(6-7-16)12-4-5-14(13(15)8-12)17-9-11-2-3-11/h4-5,7-8,10-11H,2-3,6,9H2,1H3. The van der Waals surface area contributed by atoms with Crippen LogP contribution in [0.15, 0.2) is 22.7 Å². The molecule has 0 saturated heterocycles. The van der Waals surface area contributed by atoms with Gasteiger partial charge < -0.3 is 9.53 Å². The van der Waals surface area contributed by atoms with Gasteiger partial charge in [0, 0.05) is 6.42 Å². The molecule has 0 bridgehead atoms. The lowest BCUT2D eigenvalue weighted by molar-refractivity contribution is -0.108. The smallest absolute Gasteiger partial charge is 0.133 e. The first kappa shape index (κ1) is 12.6. The highest BCUT2D eigenvalue weighted by molar-refractivity contribution is 9.10. The summed E-state index contributed by atoms with van der Waals surface area (Å²) in [6.07, 6.45) is 4.13. The Balaban J connectivity index is 2.01. The highest BCUT2D eigenvalue weighted by Crippen LogP contribution is 2.33. The van der Waals surface area contributed by atoms with Crippen LogP contribution >= 0.6 is 15.9 Å². The number of benzene rings is 1. The van der Waals surface area contributed by atoms with Crippen molar-refractivity contribution in [2.24, 2.45) is 5.92 Å². The van der Waals surface area contributed by atoms with Gasteiger partial charge in [-0.1, -0.05) is 13.0 Å². The molecule has 1 saturated carbocycles. The monoisotopic (exact) mass is 296 g/mol. The minimum Gasteiger partial charge on any atom is -0.492 e. The van der Waals surface area contributed by atoms with E-state index in [1.165, 1.54) is 18.4 Å². The number of ether oxygens (including phenoxy) is 1. The van der Waals surface area contributed by atoms with Crippen LogP contribution in [-0.2, 0) is 4.79 Å². The van der Waals surface area contributed by atoms with Crippen molar-refractivity contribution in [3.05, 3.63) is 28.2 Å². The van der Waals surface area contributed by atoms with Gasteiger partial charge in [-0.05, 0) is 58.3 Å². The van der Waals surface area contributed by atoms with Crippen LogP contribution in [0.25, 0.3) is 0 Å². The van der Waals surface area contributed by atoms with Gasteiger partial charge in [0.2, 0.25) is 0 Å². The molecule has 1 aromatic carbocycles. The van der Waals surface area contributed by atoms with E-state index in [0.29, 0.717) is 6.42 Å². The fourth-order valence-electron chi connectivity index (χ4n) is 1.71. The van der Waals surface area contributed by atoms with Crippen LogP contribution in [0.1, 0.15) is 37.7 Å². The minimum absolute atomic E-state index is 0.265. The molecule has 1 atom stereocenters. The Kier molecular flexibility index (Phi) is 4.21. The van der Waals surface area contributed by atoms with E-state index in [4.69, 9.17) is 4.74 Å². The highest BCUT2D eigenvalue weighted by atomic mass is 79.9. The molecular formula is C14H17BrO2. The van der Waals surface area contributed by atoms with Crippen LogP contribution in [0.3, 0.4) is 0 Å². The van der Waals surface area contributed by atoms with Crippen molar-refractivity contribution in [2.45, 2.75) is 32.1 Å². The second-order valence-corrected chi connectivity index (χ2v) is 5.60. The van der Waals surface area contributed by atoms with E-state index >= 15 is 0 Å². The molecule has 1 unspecified atom stereocenters. The van der Waals surface area contributed by atoms with Crippen molar-refractivity contribution in [2.75, 3.05) is 6.61 Å². The van der Waals surface area contributed by atoms with E-state index in [1.807, 2.05) is 12.1 Å². The van der Waals surface area contributed by atoms with Gasteiger partial charge in [-0.25, -0.2) is 0 Å². The molecule has 1 aliphatic carbocycles. The number of halogens is 1. The predicted molar refractivity (Wildman–Crippen MR) is 71.5 cm³/mol. The average Bonchev–Trinajstić information content (AvgIpc) is 3.11. The van der Waals surface area contributed by atoms with Gasteiger partial charge in [0.15, 0.2) is 0 Å². The molecule has 1 aromatic rings. The molecule has 2 rings (SSSR count). The zero-order chi connectivity index (χ0) is 12.3. The van der Waals surface area contributed by atoms with Gasteiger partial charge in [-0.2, -0.15) is 0 Å². The molecular weight excluding hydrogens is 280 g/mol. The molecule has 0 spiro atoms. The van der Waals surface area contributed by atoms with E-state index < -0.39 is 0 Å². The second kappa shape index (κ2) is 5.67. The van der Waals surface area contributed by atoms with Crippen LogP contribution in [0.5, 0.6) is 5.75 Å². The first-order chi connectivity index (χ1) is 8.20. The van der Waals surface area contributed by atoms with Gasteiger partial charge in [0.1, 0.15) is 12.0 Å². The van der Waals surface area contributed by atoms with Crippen molar-refractivity contribution in [3.63, 3.8) is 0 Å². The molecule has 1 aliphatic rings. The highest BCUT2D eigenvalue weighted by Gasteiger charge is 2.22. The largest absolute Gasteiger partial charge is 0.492 e. The van der Waals surface area contributed by atoms with E-state index in [1.54, 1.807) is 0 Å². The normalized spacial score (nSPS) is 16.6. The summed E-state index contributed by atoms with van der Waals surface area (Å²) < 4.78 is 6.72. The van der Waals surface area contributed by atoms with E-state index in [2.05, 4.69) is 28.9 Å². The lowest BCUT2D eigenvalue weighted by Gasteiger charge is -2.12. The Bertz CT molecular complexity index is 399. The number of carbonyl (C=O) groups excluding carboxylic acids is 1. The summed E-state index contributed by atoms with van der Waals surface area (Å²) in [7, 11) is 0. The minimum atomic E-state index is 0.265. The van der Waals surface area contributed by atoms with Crippen LogP contribution in [0, 0.1) is 5.92 Å². The van der Waals surface area contributed by atoms with Gasteiger partial charge in [0.25, 0.3) is 0 Å².